The molecule has 1 atom stereocenters. The molecule has 2 aromatic carbocycles. The molecule has 1 aliphatic heterocycles. The number of sulfonamides is 1. The average molecular weight is 381 g/mol. The van der Waals surface area contributed by atoms with Gasteiger partial charge in [-0.25, -0.2) is 13.6 Å². The topological polar surface area (TPSA) is 98.5 Å². The minimum absolute atomic E-state index is 0.00329. The number of rotatable bonds is 4. The molecule has 0 saturated carbocycles. The highest BCUT2D eigenvalue weighted by Gasteiger charge is 2.46. The molecule has 1 amide bonds. The van der Waals surface area contributed by atoms with Crippen LogP contribution in [0.4, 0.5) is 0 Å². The van der Waals surface area contributed by atoms with Gasteiger partial charge in [0.2, 0.25) is 10.0 Å². The Morgan fingerprint density at radius 2 is 1.88 bits per heavy atom. The van der Waals surface area contributed by atoms with Crippen molar-refractivity contribution in [3.63, 3.8) is 0 Å². The number of carbonyl (C=O) groups is 1. The first-order chi connectivity index (χ1) is 11.6. The van der Waals surface area contributed by atoms with Gasteiger partial charge in [-0.15, -0.1) is 0 Å². The number of benzene rings is 2. The van der Waals surface area contributed by atoms with Gasteiger partial charge in [0.25, 0.3) is 5.91 Å². The zero-order valence-corrected chi connectivity index (χ0v) is 15.2. The summed E-state index contributed by atoms with van der Waals surface area (Å²) in [6, 6.07) is 11.4. The average Bonchev–Trinajstić information content (AvgIpc) is 2.80. The maximum atomic E-state index is 12.4. The Bertz CT molecular complexity index is 959. The molecule has 1 unspecified atom stereocenters. The van der Waals surface area contributed by atoms with Crippen LogP contribution >= 0.6 is 11.6 Å². The van der Waals surface area contributed by atoms with Crippen molar-refractivity contribution in [2.45, 2.75) is 30.6 Å². The molecular weight excluding hydrogens is 364 g/mol. The molecule has 0 aliphatic carbocycles. The summed E-state index contributed by atoms with van der Waals surface area (Å²) in [6.45, 7) is 3.65. The van der Waals surface area contributed by atoms with E-state index in [-0.39, 0.29) is 21.9 Å². The molecule has 0 spiro atoms. The summed E-state index contributed by atoms with van der Waals surface area (Å²) in [5.74, 6) is -0.302. The Labute approximate surface area is 151 Å². The van der Waals surface area contributed by atoms with Crippen molar-refractivity contribution >= 4 is 27.5 Å². The summed E-state index contributed by atoms with van der Waals surface area (Å²) < 4.78 is 29.7. The highest BCUT2D eigenvalue weighted by molar-refractivity contribution is 7.89. The number of halogens is 1. The standard InChI is InChI=1S/C17H17ClN2O4S/c1-10(2)24-17(13-6-4-3-5-12(13)16(21)20-17)11-7-8-14(18)15(9-11)25(19,22)23/h3-10H,1-2H3,(H,20,21)(H2,19,22,23). The molecule has 1 aliphatic rings. The Hall–Kier alpha value is -1.93. The number of primary sulfonamides is 1. The lowest BCUT2D eigenvalue weighted by Gasteiger charge is -2.33. The van der Waals surface area contributed by atoms with Crippen LogP contribution in [0.25, 0.3) is 0 Å². The van der Waals surface area contributed by atoms with E-state index < -0.39 is 15.7 Å². The second-order valence-corrected chi connectivity index (χ2v) is 7.97. The number of hydrogen-bond donors (Lipinski definition) is 2. The fourth-order valence-corrected chi connectivity index (χ4v) is 4.04. The first kappa shape index (κ1) is 17.9. The zero-order valence-electron chi connectivity index (χ0n) is 13.6. The van der Waals surface area contributed by atoms with Crippen molar-refractivity contribution in [2.24, 2.45) is 5.14 Å². The van der Waals surface area contributed by atoms with Crippen LogP contribution in [-0.4, -0.2) is 20.4 Å². The number of nitrogens with one attached hydrogen (secondary N) is 1. The predicted octanol–water partition coefficient (Wildman–Crippen LogP) is 2.36. The van der Waals surface area contributed by atoms with Crippen molar-refractivity contribution in [1.82, 2.24) is 5.32 Å². The zero-order chi connectivity index (χ0) is 18.4. The molecule has 6 nitrogen and oxygen atoms in total. The number of fused-ring (bicyclic) bond motifs is 1. The van der Waals surface area contributed by atoms with Crippen LogP contribution in [0.3, 0.4) is 0 Å². The molecule has 0 aromatic heterocycles. The van der Waals surface area contributed by atoms with Crippen LogP contribution < -0.4 is 10.5 Å². The molecule has 3 rings (SSSR count). The van der Waals surface area contributed by atoms with Crippen LogP contribution in [0.2, 0.25) is 5.02 Å². The third-order valence-corrected chi connectivity index (χ3v) is 5.29. The molecule has 25 heavy (non-hydrogen) atoms. The van der Waals surface area contributed by atoms with E-state index in [2.05, 4.69) is 5.32 Å². The molecule has 0 radical (unpaired) electrons. The Balaban J connectivity index is 2.28. The number of nitrogens with two attached hydrogens (primary N) is 1. The minimum Gasteiger partial charge on any atom is -0.344 e. The summed E-state index contributed by atoms with van der Waals surface area (Å²) in [5, 5.41) is 8.09. The van der Waals surface area contributed by atoms with Crippen molar-refractivity contribution in [1.29, 1.82) is 0 Å². The van der Waals surface area contributed by atoms with Gasteiger partial charge >= 0.3 is 0 Å². The van der Waals surface area contributed by atoms with E-state index >= 15 is 0 Å². The SMILES string of the molecule is CC(C)OC1(c2ccc(Cl)c(S(N)(=O)=O)c2)NC(=O)c2ccccc21. The lowest BCUT2D eigenvalue weighted by Crippen LogP contribution is -2.44. The normalized spacial score (nSPS) is 19.8. The van der Waals surface area contributed by atoms with Crippen LogP contribution in [0.5, 0.6) is 0 Å². The molecule has 2 aromatic rings. The molecule has 132 valence electrons. The van der Waals surface area contributed by atoms with E-state index in [9.17, 15) is 13.2 Å². The molecule has 0 bridgehead atoms. The van der Waals surface area contributed by atoms with Gasteiger partial charge < -0.3 is 10.1 Å². The van der Waals surface area contributed by atoms with E-state index in [4.69, 9.17) is 21.5 Å². The van der Waals surface area contributed by atoms with E-state index in [1.165, 1.54) is 12.1 Å². The third-order valence-electron chi connectivity index (χ3n) is 3.90. The smallest absolute Gasteiger partial charge is 0.254 e. The Kier molecular flexibility index (Phi) is 4.36. The van der Waals surface area contributed by atoms with Gasteiger partial charge in [-0.1, -0.05) is 35.9 Å². The molecule has 1 heterocycles. The maximum Gasteiger partial charge on any atom is 0.254 e. The Morgan fingerprint density at radius 3 is 2.52 bits per heavy atom. The summed E-state index contributed by atoms with van der Waals surface area (Å²) in [6.07, 6.45) is -0.250. The van der Waals surface area contributed by atoms with Gasteiger partial charge in [-0.3, -0.25) is 4.79 Å². The number of amides is 1. The fourth-order valence-electron chi connectivity index (χ4n) is 2.97. The summed E-state index contributed by atoms with van der Waals surface area (Å²) >= 11 is 5.98. The van der Waals surface area contributed by atoms with Gasteiger partial charge in [-0.05, 0) is 32.0 Å². The predicted molar refractivity (Wildman–Crippen MR) is 93.7 cm³/mol. The van der Waals surface area contributed by atoms with Crippen LogP contribution in [-0.2, 0) is 20.5 Å². The minimum atomic E-state index is -4.03. The van der Waals surface area contributed by atoms with E-state index in [0.717, 1.165) is 0 Å². The van der Waals surface area contributed by atoms with Crippen molar-refractivity contribution < 1.29 is 17.9 Å². The monoisotopic (exact) mass is 380 g/mol. The molecule has 0 saturated heterocycles. The molecule has 0 fully saturated rings. The van der Waals surface area contributed by atoms with Crippen molar-refractivity contribution in [3.8, 4) is 0 Å². The van der Waals surface area contributed by atoms with Gasteiger partial charge in [0.15, 0.2) is 5.72 Å². The van der Waals surface area contributed by atoms with E-state index in [1.807, 2.05) is 13.8 Å². The second kappa shape index (κ2) is 6.10. The Morgan fingerprint density at radius 1 is 1.20 bits per heavy atom. The van der Waals surface area contributed by atoms with E-state index in [1.54, 1.807) is 30.3 Å². The summed E-state index contributed by atoms with van der Waals surface area (Å²) in [5.41, 5.74) is 0.186. The summed E-state index contributed by atoms with van der Waals surface area (Å²) in [7, 11) is -4.03. The fraction of sp³-hybridized carbons (Fsp3) is 0.235. The lowest BCUT2D eigenvalue weighted by atomic mass is 9.94. The van der Waals surface area contributed by atoms with Crippen LogP contribution in [0.15, 0.2) is 47.4 Å². The van der Waals surface area contributed by atoms with Crippen molar-refractivity contribution in [2.75, 3.05) is 0 Å². The quantitative estimate of drug-likeness (QED) is 0.850. The largest absolute Gasteiger partial charge is 0.344 e. The summed E-state index contributed by atoms with van der Waals surface area (Å²) in [4.78, 5) is 12.2. The van der Waals surface area contributed by atoms with Crippen LogP contribution in [0, 0.1) is 0 Å². The van der Waals surface area contributed by atoms with E-state index in [0.29, 0.717) is 16.7 Å². The van der Waals surface area contributed by atoms with Gasteiger partial charge in [0.05, 0.1) is 11.1 Å². The molecular formula is C17H17ClN2O4S. The number of carbonyl (C=O) groups excluding carboxylic acids is 1. The van der Waals surface area contributed by atoms with Gasteiger partial charge in [-0.2, -0.15) is 0 Å². The first-order valence-electron chi connectivity index (χ1n) is 7.58. The third kappa shape index (κ3) is 3.04. The van der Waals surface area contributed by atoms with Gasteiger partial charge in [0, 0.05) is 16.7 Å². The van der Waals surface area contributed by atoms with Crippen LogP contribution in [0.1, 0.15) is 35.3 Å². The molecule has 3 N–H and O–H groups in total. The number of hydrogen-bond acceptors (Lipinski definition) is 4. The molecule has 8 heteroatoms. The van der Waals surface area contributed by atoms with Crippen molar-refractivity contribution in [3.05, 3.63) is 64.2 Å². The highest BCUT2D eigenvalue weighted by atomic mass is 35.5. The second-order valence-electron chi connectivity index (χ2n) is 6.04. The highest BCUT2D eigenvalue weighted by Crippen LogP contribution is 2.40. The lowest BCUT2D eigenvalue weighted by molar-refractivity contribution is -0.0681. The maximum absolute atomic E-state index is 12.4. The first-order valence-corrected chi connectivity index (χ1v) is 9.50. The van der Waals surface area contributed by atoms with Gasteiger partial charge in [0.1, 0.15) is 4.90 Å². The number of ether oxygens (including phenoxy) is 1.